The Balaban J connectivity index is 2.10. The molecule has 0 amide bonds. The SMILES string of the molecule is CC/C(=C\c1ccc(C(=O)O)cc1)c1cc2c(cc1C)C(C)(C)CCC2(C)C. The Morgan fingerprint density at radius 3 is 2.04 bits per heavy atom. The lowest BCUT2D eigenvalue weighted by Gasteiger charge is -2.42. The first-order valence-electron chi connectivity index (χ1n) is 10.2. The fourth-order valence-electron chi connectivity index (χ4n) is 4.36. The van der Waals surface area contributed by atoms with Crippen molar-refractivity contribution in [2.45, 2.75) is 71.6 Å². The molecule has 0 unspecified atom stereocenters. The van der Waals surface area contributed by atoms with Crippen LogP contribution in [0.1, 0.15) is 92.1 Å². The van der Waals surface area contributed by atoms with Crippen LogP contribution in [0.3, 0.4) is 0 Å². The van der Waals surface area contributed by atoms with Gasteiger partial charge in [-0.15, -0.1) is 0 Å². The van der Waals surface area contributed by atoms with Crippen LogP contribution >= 0.6 is 0 Å². The van der Waals surface area contributed by atoms with E-state index in [2.05, 4.69) is 59.8 Å². The van der Waals surface area contributed by atoms with Crippen LogP contribution in [0.5, 0.6) is 0 Å². The third kappa shape index (κ3) is 3.78. The van der Waals surface area contributed by atoms with E-state index in [0.717, 1.165) is 12.0 Å². The van der Waals surface area contributed by atoms with Crippen molar-refractivity contribution in [1.29, 1.82) is 0 Å². The molecule has 1 aliphatic carbocycles. The molecule has 0 aromatic heterocycles. The standard InChI is InChI=1S/C26H32O2/c1-7-19(15-18-8-10-20(11-9-18)24(27)28)21-16-23-22(14-17(21)2)25(3,4)12-13-26(23,5)6/h8-11,14-16H,7,12-13H2,1-6H3,(H,27,28)/b19-15+. The monoisotopic (exact) mass is 376 g/mol. The van der Waals surface area contributed by atoms with Gasteiger partial charge in [0.1, 0.15) is 0 Å². The molecule has 28 heavy (non-hydrogen) atoms. The molecule has 1 aliphatic rings. The number of aryl methyl sites for hydroxylation is 1. The summed E-state index contributed by atoms with van der Waals surface area (Å²) in [5.41, 5.74) is 8.67. The third-order valence-electron chi connectivity index (χ3n) is 6.42. The van der Waals surface area contributed by atoms with Crippen molar-refractivity contribution in [2.75, 3.05) is 0 Å². The number of allylic oxidation sites excluding steroid dienone is 1. The molecule has 2 heteroatoms. The van der Waals surface area contributed by atoms with E-state index in [1.165, 1.54) is 40.7 Å². The predicted molar refractivity (Wildman–Crippen MR) is 118 cm³/mol. The van der Waals surface area contributed by atoms with E-state index in [0.29, 0.717) is 5.56 Å². The summed E-state index contributed by atoms with van der Waals surface area (Å²) in [7, 11) is 0. The lowest BCUT2D eigenvalue weighted by atomic mass is 9.62. The van der Waals surface area contributed by atoms with Gasteiger partial charge in [0, 0.05) is 0 Å². The zero-order chi connectivity index (χ0) is 20.7. The molecule has 0 atom stereocenters. The van der Waals surface area contributed by atoms with E-state index in [4.69, 9.17) is 5.11 Å². The lowest BCUT2D eigenvalue weighted by Crippen LogP contribution is -2.34. The van der Waals surface area contributed by atoms with Gasteiger partial charge < -0.3 is 5.11 Å². The summed E-state index contributed by atoms with van der Waals surface area (Å²) in [6, 6.07) is 12.0. The third-order valence-corrected chi connectivity index (χ3v) is 6.42. The second kappa shape index (κ2) is 7.24. The van der Waals surface area contributed by atoms with Gasteiger partial charge in [-0.25, -0.2) is 4.79 Å². The van der Waals surface area contributed by atoms with Gasteiger partial charge in [-0.2, -0.15) is 0 Å². The largest absolute Gasteiger partial charge is 0.478 e. The number of fused-ring (bicyclic) bond motifs is 1. The molecule has 0 spiro atoms. The number of rotatable bonds is 4. The molecule has 0 heterocycles. The van der Waals surface area contributed by atoms with Crippen LogP contribution in [0.2, 0.25) is 0 Å². The number of carbonyl (C=O) groups is 1. The Morgan fingerprint density at radius 2 is 1.54 bits per heavy atom. The number of carboxylic acid groups (broad SMARTS) is 1. The maximum atomic E-state index is 11.1. The van der Waals surface area contributed by atoms with E-state index in [9.17, 15) is 4.79 Å². The molecule has 2 aromatic carbocycles. The molecule has 3 rings (SSSR count). The van der Waals surface area contributed by atoms with Crippen LogP contribution < -0.4 is 0 Å². The van der Waals surface area contributed by atoms with Crippen molar-refractivity contribution in [3.63, 3.8) is 0 Å². The van der Waals surface area contributed by atoms with E-state index in [-0.39, 0.29) is 10.8 Å². The molecule has 0 bridgehead atoms. The van der Waals surface area contributed by atoms with Gasteiger partial charge in [0.25, 0.3) is 0 Å². The fourth-order valence-corrected chi connectivity index (χ4v) is 4.36. The lowest BCUT2D eigenvalue weighted by molar-refractivity contribution is 0.0697. The first-order valence-corrected chi connectivity index (χ1v) is 10.2. The van der Waals surface area contributed by atoms with E-state index < -0.39 is 5.97 Å². The van der Waals surface area contributed by atoms with Crippen molar-refractivity contribution >= 4 is 17.6 Å². The van der Waals surface area contributed by atoms with E-state index >= 15 is 0 Å². The number of hydrogen-bond acceptors (Lipinski definition) is 1. The van der Waals surface area contributed by atoms with Crippen molar-refractivity contribution in [3.05, 3.63) is 69.8 Å². The Hall–Kier alpha value is -2.35. The molecule has 0 saturated carbocycles. The maximum Gasteiger partial charge on any atom is 0.335 e. The van der Waals surface area contributed by atoms with Crippen molar-refractivity contribution < 1.29 is 9.90 Å². The van der Waals surface area contributed by atoms with Crippen LogP contribution in [-0.2, 0) is 10.8 Å². The summed E-state index contributed by atoms with van der Waals surface area (Å²) in [6.45, 7) is 13.8. The number of hydrogen-bond donors (Lipinski definition) is 1. The molecule has 0 fully saturated rings. The molecular formula is C26H32O2. The molecule has 0 saturated heterocycles. The molecule has 0 aliphatic heterocycles. The highest BCUT2D eigenvalue weighted by Crippen LogP contribution is 2.47. The molecule has 148 valence electrons. The van der Waals surface area contributed by atoms with Gasteiger partial charge in [0.05, 0.1) is 5.56 Å². The first-order chi connectivity index (χ1) is 13.0. The quantitative estimate of drug-likeness (QED) is 0.584. The highest BCUT2D eigenvalue weighted by molar-refractivity contribution is 5.89. The van der Waals surface area contributed by atoms with Crippen LogP contribution in [0.25, 0.3) is 11.6 Å². The van der Waals surface area contributed by atoms with Gasteiger partial charge in [0.15, 0.2) is 0 Å². The van der Waals surface area contributed by atoms with Gasteiger partial charge >= 0.3 is 5.97 Å². The zero-order valence-electron chi connectivity index (χ0n) is 18.0. The molecule has 2 aromatic rings. The van der Waals surface area contributed by atoms with Gasteiger partial charge in [-0.1, -0.05) is 65.0 Å². The number of benzene rings is 2. The minimum atomic E-state index is -0.887. The minimum absolute atomic E-state index is 0.190. The molecular weight excluding hydrogens is 344 g/mol. The van der Waals surface area contributed by atoms with E-state index in [1.807, 2.05) is 12.1 Å². The van der Waals surface area contributed by atoms with Gasteiger partial charge in [-0.3, -0.25) is 0 Å². The Morgan fingerprint density at radius 1 is 1.00 bits per heavy atom. The van der Waals surface area contributed by atoms with Crippen LogP contribution in [0.4, 0.5) is 0 Å². The van der Waals surface area contributed by atoms with Crippen LogP contribution in [-0.4, -0.2) is 11.1 Å². The zero-order valence-corrected chi connectivity index (χ0v) is 18.0. The van der Waals surface area contributed by atoms with E-state index in [1.54, 1.807) is 12.1 Å². The summed E-state index contributed by atoms with van der Waals surface area (Å²) < 4.78 is 0. The smallest absolute Gasteiger partial charge is 0.335 e. The Kier molecular flexibility index (Phi) is 5.27. The Bertz CT molecular complexity index is 928. The predicted octanol–water partition coefficient (Wildman–Crippen LogP) is 6.99. The molecule has 1 N–H and O–H groups in total. The maximum absolute atomic E-state index is 11.1. The van der Waals surface area contributed by atoms with Crippen molar-refractivity contribution in [3.8, 4) is 0 Å². The summed E-state index contributed by atoms with van der Waals surface area (Å²) >= 11 is 0. The summed E-state index contributed by atoms with van der Waals surface area (Å²) in [6.07, 6.45) is 5.56. The molecule has 0 radical (unpaired) electrons. The second-order valence-corrected chi connectivity index (χ2v) is 9.43. The van der Waals surface area contributed by atoms with Crippen molar-refractivity contribution in [2.24, 2.45) is 0 Å². The second-order valence-electron chi connectivity index (χ2n) is 9.43. The topological polar surface area (TPSA) is 37.3 Å². The van der Waals surface area contributed by atoms with Crippen LogP contribution in [0.15, 0.2) is 36.4 Å². The van der Waals surface area contributed by atoms with Gasteiger partial charge in [-0.05, 0) is 82.5 Å². The van der Waals surface area contributed by atoms with Gasteiger partial charge in [0.2, 0.25) is 0 Å². The average molecular weight is 377 g/mol. The van der Waals surface area contributed by atoms with Crippen LogP contribution in [0, 0.1) is 6.92 Å². The fraction of sp³-hybridized carbons (Fsp3) is 0.423. The highest BCUT2D eigenvalue weighted by Gasteiger charge is 2.37. The summed E-state index contributed by atoms with van der Waals surface area (Å²) in [5, 5.41) is 9.11. The number of carboxylic acids is 1. The molecule has 2 nitrogen and oxygen atoms in total. The highest BCUT2D eigenvalue weighted by atomic mass is 16.4. The average Bonchev–Trinajstić information content (AvgIpc) is 2.64. The Labute approximate surface area is 169 Å². The summed E-state index contributed by atoms with van der Waals surface area (Å²) in [4.78, 5) is 11.1. The first kappa shape index (κ1) is 20.4. The summed E-state index contributed by atoms with van der Waals surface area (Å²) in [5.74, 6) is -0.887. The normalized spacial score (nSPS) is 17.9. The minimum Gasteiger partial charge on any atom is -0.478 e. The van der Waals surface area contributed by atoms with Crippen molar-refractivity contribution in [1.82, 2.24) is 0 Å². The number of aromatic carboxylic acids is 1.